The second-order valence-electron chi connectivity index (χ2n) is 5.16. The van der Waals surface area contributed by atoms with Crippen molar-refractivity contribution >= 4 is 0 Å². The summed E-state index contributed by atoms with van der Waals surface area (Å²) >= 11 is 0. The number of nitrogens with zero attached hydrogens (tertiary/aromatic N) is 2. The van der Waals surface area contributed by atoms with Crippen LogP contribution in [0.15, 0.2) is 24.3 Å². The van der Waals surface area contributed by atoms with Crippen LogP contribution in [-0.2, 0) is 0 Å². The molecule has 0 spiro atoms. The first kappa shape index (κ1) is 15.5. The van der Waals surface area contributed by atoms with Gasteiger partial charge in [0.2, 0.25) is 0 Å². The fraction of sp³-hybridized carbons (Fsp3) is 0.750. The van der Waals surface area contributed by atoms with Gasteiger partial charge >= 0.3 is 0 Å². The molecule has 1 aliphatic carbocycles. The van der Waals surface area contributed by atoms with Gasteiger partial charge in [-0.05, 0) is 19.4 Å². The summed E-state index contributed by atoms with van der Waals surface area (Å²) in [7, 11) is 0. The molecule has 2 aliphatic rings. The Morgan fingerprint density at radius 1 is 0.889 bits per heavy atom. The molecule has 1 heterocycles. The summed E-state index contributed by atoms with van der Waals surface area (Å²) in [5.74, 6) is 0. The Balaban J connectivity index is 0.000000492. The zero-order chi connectivity index (χ0) is 13.2. The molecule has 1 fully saturated rings. The van der Waals surface area contributed by atoms with Crippen LogP contribution in [0.1, 0.15) is 40.0 Å². The van der Waals surface area contributed by atoms with Gasteiger partial charge in [-0.3, -0.25) is 4.90 Å². The van der Waals surface area contributed by atoms with E-state index in [1.165, 1.54) is 52.0 Å². The summed E-state index contributed by atoms with van der Waals surface area (Å²) in [6.07, 6.45) is 12.7. The molecule has 0 amide bonds. The van der Waals surface area contributed by atoms with E-state index < -0.39 is 0 Å². The van der Waals surface area contributed by atoms with Crippen molar-refractivity contribution in [3.05, 3.63) is 24.3 Å². The van der Waals surface area contributed by atoms with Crippen LogP contribution in [0.3, 0.4) is 0 Å². The van der Waals surface area contributed by atoms with Gasteiger partial charge in [0, 0.05) is 32.2 Å². The van der Waals surface area contributed by atoms with Crippen molar-refractivity contribution in [2.24, 2.45) is 0 Å². The van der Waals surface area contributed by atoms with Crippen molar-refractivity contribution in [2.45, 2.75) is 46.1 Å². The quantitative estimate of drug-likeness (QED) is 0.742. The third kappa shape index (κ3) is 5.36. The Kier molecular flexibility index (Phi) is 8.03. The van der Waals surface area contributed by atoms with E-state index in [4.69, 9.17) is 0 Å². The summed E-state index contributed by atoms with van der Waals surface area (Å²) in [5.41, 5.74) is 0. The summed E-state index contributed by atoms with van der Waals surface area (Å²) in [4.78, 5) is 5.20. The molecule has 2 rings (SSSR count). The normalized spacial score (nSPS) is 22.4. The lowest BCUT2D eigenvalue weighted by Gasteiger charge is -2.38. The molecule has 2 heteroatoms. The number of hydrogen-bond donors (Lipinski definition) is 0. The minimum atomic E-state index is 0.749. The summed E-state index contributed by atoms with van der Waals surface area (Å²) in [6, 6.07) is 0.749. The van der Waals surface area contributed by atoms with Crippen LogP contribution in [0.5, 0.6) is 0 Å². The minimum absolute atomic E-state index is 0.749. The molecular formula is C16H30N2. The number of rotatable bonds is 2. The monoisotopic (exact) mass is 250 g/mol. The molecule has 0 aromatic rings. The van der Waals surface area contributed by atoms with Crippen molar-refractivity contribution in [1.82, 2.24) is 9.80 Å². The van der Waals surface area contributed by atoms with Crippen molar-refractivity contribution < 1.29 is 0 Å². The first-order chi connectivity index (χ1) is 8.81. The minimum Gasteiger partial charge on any atom is -0.301 e. The Labute approximate surface area is 113 Å². The van der Waals surface area contributed by atoms with Gasteiger partial charge < -0.3 is 4.90 Å². The lowest BCUT2D eigenvalue weighted by molar-refractivity contribution is 0.101. The molecular weight excluding hydrogens is 220 g/mol. The molecule has 1 aliphatic heterocycles. The molecule has 0 atom stereocenters. The summed E-state index contributed by atoms with van der Waals surface area (Å²) in [6.45, 7) is 12.7. The fourth-order valence-electron chi connectivity index (χ4n) is 2.47. The predicted molar refractivity (Wildman–Crippen MR) is 81.0 cm³/mol. The van der Waals surface area contributed by atoms with E-state index in [2.05, 4.69) is 54.9 Å². The second kappa shape index (κ2) is 9.35. The van der Waals surface area contributed by atoms with Crippen LogP contribution >= 0.6 is 0 Å². The highest BCUT2D eigenvalue weighted by atomic mass is 15.3. The van der Waals surface area contributed by atoms with Gasteiger partial charge in [-0.25, -0.2) is 0 Å². The van der Waals surface area contributed by atoms with E-state index in [1.54, 1.807) is 0 Å². The predicted octanol–water partition coefficient (Wildman–Crippen LogP) is 3.32. The zero-order valence-electron chi connectivity index (χ0n) is 12.4. The summed E-state index contributed by atoms with van der Waals surface area (Å²) < 4.78 is 0. The van der Waals surface area contributed by atoms with Crippen molar-refractivity contribution in [3.63, 3.8) is 0 Å². The first-order valence-corrected chi connectivity index (χ1v) is 7.59. The highest BCUT2D eigenvalue weighted by molar-refractivity contribution is 5.08. The number of likely N-dealkylation sites (N-methyl/N-ethyl adjacent to an activating group) is 1. The van der Waals surface area contributed by atoms with Crippen LogP contribution in [0.25, 0.3) is 0 Å². The van der Waals surface area contributed by atoms with E-state index in [1.807, 2.05) is 0 Å². The first-order valence-electron chi connectivity index (χ1n) is 7.59. The molecule has 0 aromatic heterocycles. The Morgan fingerprint density at radius 3 is 1.83 bits per heavy atom. The lowest BCUT2D eigenvalue weighted by atomic mass is 10.1. The molecule has 104 valence electrons. The van der Waals surface area contributed by atoms with E-state index in [-0.39, 0.29) is 0 Å². The van der Waals surface area contributed by atoms with Gasteiger partial charge in [0.1, 0.15) is 0 Å². The van der Waals surface area contributed by atoms with Gasteiger partial charge in [0.15, 0.2) is 0 Å². The average Bonchev–Trinajstić information content (AvgIpc) is 2.69. The standard InChI is InChI=1S/C13H22N2.C3H8/c1-2-14-9-11-15(12-10-14)13-7-5-3-4-6-8-13;1-3-2/h3-6,13H,2,7-12H2,1H3;3H2,1-2H3. The second-order valence-corrected chi connectivity index (χ2v) is 5.16. The van der Waals surface area contributed by atoms with Gasteiger partial charge in [0.05, 0.1) is 0 Å². The third-order valence-electron chi connectivity index (χ3n) is 3.57. The maximum atomic E-state index is 2.66. The Morgan fingerprint density at radius 2 is 1.39 bits per heavy atom. The molecule has 2 nitrogen and oxygen atoms in total. The van der Waals surface area contributed by atoms with Gasteiger partial charge in [-0.1, -0.05) is 51.5 Å². The summed E-state index contributed by atoms with van der Waals surface area (Å²) in [5, 5.41) is 0. The molecule has 0 unspecified atom stereocenters. The maximum absolute atomic E-state index is 2.66. The highest BCUT2D eigenvalue weighted by Crippen LogP contribution is 2.15. The van der Waals surface area contributed by atoms with Crippen molar-refractivity contribution in [1.29, 1.82) is 0 Å². The zero-order valence-corrected chi connectivity index (χ0v) is 12.4. The van der Waals surface area contributed by atoms with Crippen LogP contribution < -0.4 is 0 Å². The molecule has 0 aromatic carbocycles. The van der Waals surface area contributed by atoms with Crippen LogP contribution in [0.4, 0.5) is 0 Å². The van der Waals surface area contributed by atoms with Crippen LogP contribution in [-0.4, -0.2) is 48.6 Å². The molecule has 18 heavy (non-hydrogen) atoms. The smallest absolute Gasteiger partial charge is 0.0165 e. The topological polar surface area (TPSA) is 6.48 Å². The van der Waals surface area contributed by atoms with Gasteiger partial charge in [0.25, 0.3) is 0 Å². The number of piperazine rings is 1. The molecule has 0 bridgehead atoms. The number of allylic oxidation sites excluding steroid dienone is 2. The van der Waals surface area contributed by atoms with E-state index >= 15 is 0 Å². The third-order valence-corrected chi connectivity index (χ3v) is 3.57. The van der Waals surface area contributed by atoms with E-state index in [0.717, 1.165) is 6.04 Å². The molecule has 1 saturated heterocycles. The van der Waals surface area contributed by atoms with E-state index in [9.17, 15) is 0 Å². The Bertz CT molecular complexity index is 236. The van der Waals surface area contributed by atoms with Crippen molar-refractivity contribution in [3.8, 4) is 0 Å². The molecule has 0 N–H and O–H groups in total. The van der Waals surface area contributed by atoms with Crippen LogP contribution in [0, 0.1) is 0 Å². The molecule has 0 saturated carbocycles. The average molecular weight is 250 g/mol. The highest BCUT2D eigenvalue weighted by Gasteiger charge is 2.21. The largest absolute Gasteiger partial charge is 0.301 e. The van der Waals surface area contributed by atoms with Gasteiger partial charge in [-0.15, -0.1) is 0 Å². The van der Waals surface area contributed by atoms with Crippen molar-refractivity contribution in [2.75, 3.05) is 32.7 Å². The number of hydrogen-bond acceptors (Lipinski definition) is 2. The Hall–Kier alpha value is -0.600. The molecule has 0 radical (unpaired) electrons. The maximum Gasteiger partial charge on any atom is 0.0165 e. The fourth-order valence-corrected chi connectivity index (χ4v) is 2.47. The van der Waals surface area contributed by atoms with E-state index in [0.29, 0.717) is 0 Å². The van der Waals surface area contributed by atoms with Gasteiger partial charge in [-0.2, -0.15) is 0 Å². The van der Waals surface area contributed by atoms with Crippen LogP contribution in [0.2, 0.25) is 0 Å². The SMILES string of the molecule is CCC.CCN1CCN(C2CC=CC=CC2)CC1. The lowest BCUT2D eigenvalue weighted by Crippen LogP contribution is -2.49.